The molecule has 0 spiro atoms. The lowest BCUT2D eigenvalue weighted by Crippen LogP contribution is -2.24. The first-order valence-electron chi connectivity index (χ1n) is 10.1. The molecule has 0 radical (unpaired) electrons. The molecule has 1 heterocycles. The molecular formula is C25H19F2N3O3. The van der Waals surface area contributed by atoms with Crippen LogP contribution in [-0.2, 0) is 13.2 Å². The summed E-state index contributed by atoms with van der Waals surface area (Å²) < 4.78 is 33.7. The third-order valence-corrected chi connectivity index (χ3v) is 4.82. The summed E-state index contributed by atoms with van der Waals surface area (Å²) in [5, 5.41) is 6.85. The van der Waals surface area contributed by atoms with Crippen molar-refractivity contribution in [3.8, 4) is 11.6 Å². The van der Waals surface area contributed by atoms with Gasteiger partial charge in [-0.2, -0.15) is 4.68 Å². The van der Waals surface area contributed by atoms with Gasteiger partial charge in [-0.1, -0.05) is 30.3 Å². The van der Waals surface area contributed by atoms with Crippen LogP contribution < -0.4 is 15.6 Å². The van der Waals surface area contributed by atoms with E-state index in [0.717, 1.165) is 4.68 Å². The number of halogens is 2. The predicted octanol–water partition coefficient (Wildman–Crippen LogP) is 4.02. The number of carbonyl (C=O) groups excluding carboxylic acids is 1. The fourth-order valence-corrected chi connectivity index (χ4v) is 3.11. The van der Waals surface area contributed by atoms with Gasteiger partial charge in [0.1, 0.15) is 18.2 Å². The Kier molecular flexibility index (Phi) is 6.54. The van der Waals surface area contributed by atoms with Gasteiger partial charge in [-0.05, 0) is 48.0 Å². The smallest absolute Gasteiger partial charge is 0.271 e. The molecule has 0 bridgehead atoms. The summed E-state index contributed by atoms with van der Waals surface area (Å²) in [6.07, 6.45) is 0. The van der Waals surface area contributed by atoms with E-state index >= 15 is 0 Å². The van der Waals surface area contributed by atoms with Gasteiger partial charge in [0.05, 0.1) is 5.69 Å². The molecule has 1 N–H and O–H groups in total. The van der Waals surface area contributed by atoms with E-state index in [1.807, 2.05) is 0 Å². The van der Waals surface area contributed by atoms with Crippen LogP contribution in [0.4, 0.5) is 8.78 Å². The number of nitrogens with zero attached hydrogens (tertiary/aromatic N) is 2. The maximum atomic E-state index is 13.7. The molecule has 0 unspecified atom stereocenters. The standard InChI is InChI=1S/C25H19F2N3O3/c26-20-6-3-4-17(14-20)16-33-23-12-13-24(31)30(29-23)21-10-8-18(9-11-21)25(32)28-15-19-5-1-2-7-22(19)27/h1-14H,15-16H2,(H,28,32). The number of hydrogen-bond donors (Lipinski definition) is 1. The summed E-state index contributed by atoms with van der Waals surface area (Å²) in [5.41, 5.74) is 1.40. The maximum absolute atomic E-state index is 13.7. The van der Waals surface area contributed by atoms with Crippen LogP contribution in [0.15, 0.2) is 89.7 Å². The first kappa shape index (κ1) is 21.9. The third-order valence-electron chi connectivity index (χ3n) is 4.82. The number of ether oxygens (including phenoxy) is 1. The van der Waals surface area contributed by atoms with Gasteiger partial charge in [0.25, 0.3) is 11.5 Å². The highest BCUT2D eigenvalue weighted by atomic mass is 19.1. The summed E-state index contributed by atoms with van der Waals surface area (Å²) in [4.78, 5) is 24.7. The Hall–Kier alpha value is -4.33. The van der Waals surface area contributed by atoms with E-state index < -0.39 is 5.82 Å². The molecule has 166 valence electrons. The first-order chi connectivity index (χ1) is 16.0. The zero-order valence-electron chi connectivity index (χ0n) is 17.4. The Morgan fingerprint density at radius 1 is 0.939 bits per heavy atom. The van der Waals surface area contributed by atoms with Crippen LogP contribution in [0.3, 0.4) is 0 Å². The minimum atomic E-state index is -0.391. The molecule has 3 aromatic carbocycles. The number of rotatable bonds is 7. The van der Waals surface area contributed by atoms with Crippen molar-refractivity contribution in [1.29, 1.82) is 0 Å². The van der Waals surface area contributed by atoms with Gasteiger partial charge in [0.2, 0.25) is 5.88 Å². The second-order valence-electron chi connectivity index (χ2n) is 7.16. The summed E-state index contributed by atoms with van der Waals surface area (Å²) in [6, 6.07) is 21.2. The highest BCUT2D eigenvalue weighted by Crippen LogP contribution is 2.12. The van der Waals surface area contributed by atoms with Crippen LogP contribution in [-0.4, -0.2) is 15.7 Å². The fourth-order valence-electron chi connectivity index (χ4n) is 3.11. The molecule has 1 aromatic heterocycles. The number of amides is 1. The lowest BCUT2D eigenvalue weighted by atomic mass is 10.1. The monoisotopic (exact) mass is 447 g/mol. The van der Waals surface area contributed by atoms with Gasteiger partial charge < -0.3 is 10.1 Å². The van der Waals surface area contributed by atoms with Crippen molar-refractivity contribution in [2.24, 2.45) is 0 Å². The summed E-state index contributed by atoms with van der Waals surface area (Å²) in [5.74, 6) is -0.951. The van der Waals surface area contributed by atoms with Gasteiger partial charge in [-0.3, -0.25) is 9.59 Å². The van der Waals surface area contributed by atoms with E-state index in [2.05, 4.69) is 10.4 Å². The average molecular weight is 447 g/mol. The van der Waals surface area contributed by atoms with Crippen LogP contribution in [0.5, 0.6) is 5.88 Å². The summed E-state index contributed by atoms with van der Waals surface area (Å²) in [6.45, 7) is 0.142. The maximum Gasteiger partial charge on any atom is 0.271 e. The predicted molar refractivity (Wildman–Crippen MR) is 118 cm³/mol. The Labute approximate surface area is 188 Å². The molecule has 6 nitrogen and oxygen atoms in total. The summed E-state index contributed by atoms with van der Waals surface area (Å²) in [7, 11) is 0. The summed E-state index contributed by atoms with van der Waals surface area (Å²) >= 11 is 0. The van der Waals surface area contributed by atoms with Gasteiger partial charge in [0, 0.05) is 29.8 Å². The molecule has 1 amide bonds. The zero-order valence-corrected chi connectivity index (χ0v) is 17.4. The molecule has 0 aliphatic carbocycles. The topological polar surface area (TPSA) is 73.2 Å². The van der Waals surface area contributed by atoms with Crippen LogP contribution >= 0.6 is 0 Å². The van der Waals surface area contributed by atoms with Crippen molar-refractivity contribution >= 4 is 5.91 Å². The van der Waals surface area contributed by atoms with Gasteiger partial charge >= 0.3 is 0 Å². The van der Waals surface area contributed by atoms with Crippen molar-refractivity contribution in [1.82, 2.24) is 15.1 Å². The van der Waals surface area contributed by atoms with Gasteiger partial charge in [0.15, 0.2) is 0 Å². The molecule has 0 saturated heterocycles. The second-order valence-corrected chi connectivity index (χ2v) is 7.16. The molecule has 4 rings (SSSR count). The fraction of sp³-hybridized carbons (Fsp3) is 0.0800. The lowest BCUT2D eigenvalue weighted by molar-refractivity contribution is 0.0950. The molecule has 33 heavy (non-hydrogen) atoms. The number of benzene rings is 3. The molecular weight excluding hydrogens is 428 g/mol. The van der Waals surface area contributed by atoms with Gasteiger partial charge in [-0.15, -0.1) is 5.10 Å². The highest BCUT2D eigenvalue weighted by Gasteiger charge is 2.10. The van der Waals surface area contributed by atoms with E-state index in [1.54, 1.807) is 54.6 Å². The lowest BCUT2D eigenvalue weighted by Gasteiger charge is -2.10. The minimum Gasteiger partial charge on any atom is -0.472 e. The average Bonchev–Trinajstić information content (AvgIpc) is 2.83. The van der Waals surface area contributed by atoms with E-state index in [-0.39, 0.29) is 36.3 Å². The Morgan fingerprint density at radius 3 is 2.48 bits per heavy atom. The molecule has 4 aromatic rings. The number of carbonyl (C=O) groups is 1. The van der Waals surface area contributed by atoms with E-state index in [0.29, 0.717) is 22.4 Å². The molecule has 8 heteroatoms. The SMILES string of the molecule is O=C(NCc1ccccc1F)c1ccc(-n2nc(OCc3cccc(F)c3)ccc2=O)cc1. The number of hydrogen-bond acceptors (Lipinski definition) is 4. The molecule has 0 aliphatic rings. The van der Waals surface area contributed by atoms with E-state index in [4.69, 9.17) is 4.74 Å². The molecule has 0 aliphatic heterocycles. The first-order valence-corrected chi connectivity index (χ1v) is 10.1. The van der Waals surface area contributed by atoms with Crippen molar-refractivity contribution in [2.45, 2.75) is 13.2 Å². The quantitative estimate of drug-likeness (QED) is 0.465. The van der Waals surface area contributed by atoms with Crippen molar-refractivity contribution in [3.63, 3.8) is 0 Å². The highest BCUT2D eigenvalue weighted by molar-refractivity contribution is 5.94. The molecule has 0 atom stereocenters. The third kappa shape index (κ3) is 5.48. The normalized spacial score (nSPS) is 10.6. The van der Waals surface area contributed by atoms with Crippen molar-refractivity contribution < 1.29 is 18.3 Å². The zero-order chi connectivity index (χ0) is 23.2. The van der Waals surface area contributed by atoms with Crippen molar-refractivity contribution in [3.05, 3.63) is 124 Å². The second kappa shape index (κ2) is 9.86. The van der Waals surface area contributed by atoms with Crippen LogP contribution in [0.1, 0.15) is 21.5 Å². The largest absolute Gasteiger partial charge is 0.472 e. The number of nitrogens with one attached hydrogen (secondary N) is 1. The Morgan fingerprint density at radius 2 is 1.73 bits per heavy atom. The Bertz CT molecular complexity index is 1340. The minimum absolute atomic E-state index is 0.0545. The van der Waals surface area contributed by atoms with Crippen LogP contribution in [0.2, 0.25) is 0 Å². The van der Waals surface area contributed by atoms with E-state index in [9.17, 15) is 18.4 Å². The molecule has 0 saturated carbocycles. The molecule has 0 fully saturated rings. The van der Waals surface area contributed by atoms with Gasteiger partial charge in [-0.25, -0.2) is 8.78 Å². The Balaban J connectivity index is 1.44. The van der Waals surface area contributed by atoms with Crippen LogP contribution in [0, 0.1) is 11.6 Å². The number of aromatic nitrogens is 2. The van der Waals surface area contributed by atoms with Crippen molar-refractivity contribution in [2.75, 3.05) is 0 Å². The van der Waals surface area contributed by atoms with E-state index in [1.165, 1.54) is 30.3 Å². The van der Waals surface area contributed by atoms with Crippen LogP contribution in [0.25, 0.3) is 5.69 Å².